The number of hydrogen-bond acceptors (Lipinski definition) is 3. The van der Waals surface area contributed by atoms with Crippen molar-refractivity contribution in [2.45, 2.75) is 53.2 Å². The first kappa shape index (κ1) is 18.3. The zero-order valence-corrected chi connectivity index (χ0v) is 15.1. The van der Waals surface area contributed by atoms with Crippen molar-refractivity contribution in [2.24, 2.45) is 5.92 Å². The molecule has 2 rings (SSSR count). The van der Waals surface area contributed by atoms with E-state index < -0.39 is 0 Å². The smallest absolute Gasteiger partial charge is 0.410 e. The highest BCUT2D eigenvalue weighted by atomic mass is 16.6. The molecule has 1 aliphatic heterocycles. The van der Waals surface area contributed by atoms with Crippen molar-refractivity contribution in [3.63, 3.8) is 0 Å². The summed E-state index contributed by atoms with van der Waals surface area (Å²) in [5.74, 6) is 0.421. The lowest BCUT2D eigenvalue weighted by Crippen LogP contribution is -2.37. The Labute approximate surface area is 144 Å². The molecule has 1 atom stereocenters. The number of carbonyl (C=O) groups is 2. The molecular weight excluding hydrogens is 304 g/mol. The van der Waals surface area contributed by atoms with Gasteiger partial charge in [-0.15, -0.1) is 0 Å². The summed E-state index contributed by atoms with van der Waals surface area (Å²) < 4.78 is 5.23. The molecular formula is C19H28N2O3. The van der Waals surface area contributed by atoms with Gasteiger partial charge in [-0.3, -0.25) is 9.69 Å². The second-order valence-electron chi connectivity index (χ2n) is 6.73. The second kappa shape index (κ2) is 8.18. The first-order chi connectivity index (χ1) is 11.4. The van der Waals surface area contributed by atoms with Gasteiger partial charge >= 0.3 is 6.09 Å². The molecule has 5 heteroatoms. The fourth-order valence-electron chi connectivity index (χ4n) is 3.07. The molecule has 1 fully saturated rings. The Kier molecular flexibility index (Phi) is 6.23. The van der Waals surface area contributed by atoms with Crippen LogP contribution in [0.1, 0.15) is 45.2 Å². The third-order valence-electron chi connectivity index (χ3n) is 4.54. The normalized spacial score (nSPS) is 17.3. The van der Waals surface area contributed by atoms with Crippen LogP contribution in [-0.2, 0) is 22.6 Å². The topological polar surface area (TPSA) is 49.9 Å². The molecule has 1 aliphatic rings. The number of amides is 2. The SMILES string of the molecule is CCCN(Cc1ccccc1CN1C(=O)OCC1C(C)C)C(C)=O. The molecule has 1 aromatic carbocycles. The average Bonchev–Trinajstić information content (AvgIpc) is 2.89. The molecule has 132 valence electrons. The van der Waals surface area contributed by atoms with Crippen molar-refractivity contribution >= 4 is 12.0 Å². The maximum absolute atomic E-state index is 12.1. The van der Waals surface area contributed by atoms with Gasteiger partial charge in [-0.05, 0) is 23.5 Å². The molecule has 1 saturated heterocycles. The van der Waals surface area contributed by atoms with Crippen LogP contribution in [0.3, 0.4) is 0 Å². The number of rotatable bonds is 7. The zero-order valence-electron chi connectivity index (χ0n) is 15.1. The molecule has 0 saturated carbocycles. The quantitative estimate of drug-likeness (QED) is 0.769. The predicted octanol–water partition coefficient (Wildman–Crippen LogP) is 3.42. The van der Waals surface area contributed by atoms with Gasteiger partial charge in [-0.25, -0.2) is 4.79 Å². The summed E-state index contributed by atoms with van der Waals surface area (Å²) in [5, 5.41) is 0. The van der Waals surface area contributed by atoms with Gasteiger partial charge in [0.15, 0.2) is 0 Å². The fraction of sp³-hybridized carbons (Fsp3) is 0.579. The molecule has 0 aliphatic carbocycles. The van der Waals surface area contributed by atoms with Crippen LogP contribution in [0, 0.1) is 5.92 Å². The Morgan fingerprint density at radius 3 is 2.58 bits per heavy atom. The summed E-state index contributed by atoms with van der Waals surface area (Å²) in [7, 11) is 0. The van der Waals surface area contributed by atoms with E-state index in [0.29, 0.717) is 25.6 Å². The van der Waals surface area contributed by atoms with Crippen molar-refractivity contribution in [3.05, 3.63) is 35.4 Å². The molecule has 2 amide bonds. The van der Waals surface area contributed by atoms with Gasteiger partial charge in [-0.2, -0.15) is 0 Å². The van der Waals surface area contributed by atoms with Crippen LogP contribution < -0.4 is 0 Å². The van der Waals surface area contributed by atoms with Crippen LogP contribution >= 0.6 is 0 Å². The second-order valence-corrected chi connectivity index (χ2v) is 6.73. The third kappa shape index (κ3) is 4.28. The fourth-order valence-corrected chi connectivity index (χ4v) is 3.07. The van der Waals surface area contributed by atoms with Crippen molar-refractivity contribution < 1.29 is 14.3 Å². The molecule has 0 N–H and O–H groups in total. The predicted molar refractivity (Wildman–Crippen MR) is 93.3 cm³/mol. The summed E-state index contributed by atoms with van der Waals surface area (Å²) >= 11 is 0. The monoisotopic (exact) mass is 332 g/mol. The Morgan fingerprint density at radius 1 is 1.33 bits per heavy atom. The average molecular weight is 332 g/mol. The van der Waals surface area contributed by atoms with E-state index in [2.05, 4.69) is 20.8 Å². The van der Waals surface area contributed by atoms with Crippen LogP contribution in [0.4, 0.5) is 4.79 Å². The maximum Gasteiger partial charge on any atom is 0.410 e. The number of nitrogens with zero attached hydrogens (tertiary/aromatic N) is 2. The minimum Gasteiger partial charge on any atom is -0.447 e. The minimum absolute atomic E-state index is 0.0762. The lowest BCUT2D eigenvalue weighted by atomic mass is 10.0. The summed E-state index contributed by atoms with van der Waals surface area (Å²) in [6, 6.07) is 8.12. The first-order valence-corrected chi connectivity index (χ1v) is 8.69. The van der Waals surface area contributed by atoms with Gasteiger partial charge in [0.1, 0.15) is 6.61 Å². The molecule has 1 unspecified atom stereocenters. The van der Waals surface area contributed by atoms with Crippen LogP contribution in [0.25, 0.3) is 0 Å². The van der Waals surface area contributed by atoms with Gasteiger partial charge in [0.25, 0.3) is 0 Å². The maximum atomic E-state index is 12.1. The van der Waals surface area contributed by atoms with Crippen LogP contribution in [0.2, 0.25) is 0 Å². The van der Waals surface area contributed by atoms with E-state index in [9.17, 15) is 9.59 Å². The Morgan fingerprint density at radius 2 is 2.00 bits per heavy atom. The van der Waals surface area contributed by atoms with Gasteiger partial charge in [0, 0.05) is 26.6 Å². The Hall–Kier alpha value is -2.04. The van der Waals surface area contributed by atoms with Gasteiger partial charge in [-0.1, -0.05) is 45.0 Å². The molecule has 1 heterocycles. The number of ether oxygens (including phenoxy) is 1. The van der Waals surface area contributed by atoms with Crippen molar-refractivity contribution in [1.29, 1.82) is 0 Å². The third-order valence-corrected chi connectivity index (χ3v) is 4.54. The standard InChI is InChI=1S/C19H28N2O3/c1-5-10-20(15(4)22)11-16-8-6-7-9-17(16)12-21-18(14(2)3)13-24-19(21)23/h6-9,14,18H,5,10-13H2,1-4H3. The van der Waals surface area contributed by atoms with E-state index in [1.165, 1.54) is 0 Å². The Bertz CT molecular complexity index is 586. The van der Waals surface area contributed by atoms with Crippen LogP contribution in [0.15, 0.2) is 24.3 Å². The molecule has 0 radical (unpaired) electrons. The molecule has 0 spiro atoms. The first-order valence-electron chi connectivity index (χ1n) is 8.69. The van der Waals surface area contributed by atoms with Crippen LogP contribution in [-0.4, -0.2) is 41.0 Å². The summed E-state index contributed by atoms with van der Waals surface area (Å²) in [6.07, 6.45) is 0.677. The molecule has 1 aromatic rings. The highest BCUT2D eigenvalue weighted by molar-refractivity contribution is 5.73. The van der Waals surface area contributed by atoms with Gasteiger partial charge in [0.2, 0.25) is 5.91 Å². The summed E-state index contributed by atoms with van der Waals surface area (Å²) in [5.41, 5.74) is 2.16. The van der Waals surface area contributed by atoms with Gasteiger partial charge in [0.05, 0.1) is 6.04 Å². The number of benzene rings is 1. The highest BCUT2D eigenvalue weighted by Gasteiger charge is 2.35. The van der Waals surface area contributed by atoms with Crippen molar-refractivity contribution in [1.82, 2.24) is 9.80 Å². The Balaban J connectivity index is 2.19. The van der Waals surface area contributed by atoms with E-state index in [4.69, 9.17) is 4.74 Å². The van der Waals surface area contributed by atoms with E-state index >= 15 is 0 Å². The van der Waals surface area contributed by atoms with E-state index in [-0.39, 0.29) is 18.0 Å². The molecule has 0 bridgehead atoms. The number of cyclic esters (lactones) is 1. The van der Waals surface area contributed by atoms with E-state index in [1.807, 2.05) is 29.2 Å². The van der Waals surface area contributed by atoms with E-state index in [1.54, 1.807) is 11.8 Å². The molecule has 5 nitrogen and oxygen atoms in total. The number of carbonyl (C=O) groups excluding carboxylic acids is 2. The van der Waals surface area contributed by atoms with Gasteiger partial charge < -0.3 is 9.64 Å². The van der Waals surface area contributed by atoms with Crippen LogP contribution in [0.5, 0.6) is 0 Å². The minimum atomic E-state index is -0.250. The molecule has 0 aromatic heterocycles. The molecule has 24 heavy (non-hydrogen) atoms. The lowest BCUT2D eigenvalue weighted by molar-refractivity contribution is -0.129. The van der Waals surface area contributed by atoms with Crippen molar-refractivity contribution in [2.75, 3.05) is 13.2 Å². The van der Waals surface area contributed by atoms with E-state index in [0.717, 1.165) is 24.1 Å². The summed E-state index contributed by atoms with van der Waals surface area (Å²) in [4.78, 5) is 27.6. The highest BCUT2D eigenvalue weighted by Crippen LogP contribution is 2.24. The lowest BCUT2D eigenvalue weighted by Gasteiger charge is -2.27. The zero-order chi connectivity index (χ0) is 17.7. The largest absolute Gasteiger partial charge is 0.447 e. The van der Waals surface area contributed by atoms with Crippen molar-refractivity contribution in [3.8, 4) is 0 Å². The number of hydrogen-bond donors (Lipinski definition) is 0. The summed E-state index contributed by atoms with van der Waals surface area (Å²) in [6.45, 7) is 10.2.